The number of hydrogen-bond acceptors (Lipinski definition) is 3. The molecule has 2 fully saturated rings. The van der Waals surface area contributed by atoms with E-state index in [1.807, 2.05) is 0 Å². The van der Waals surface area contributed by atoms with E-state index in [0.717, 1.165) is 19.2 Å². The van der Waals surface area contributed by atoms with Crippen LogP contribution in [0.3, 0.4) is 0 Å². The van der Waals surface area contributed by atoms with Crippen LogP contribution in [0.15, 0.2) is 24.3 Å². The van der Waals surface area contributed by atoms with E-state index < -0.39 is 0 Å². The van der Waals surface area contributed by atoms with Crippen LogP contribution in [0.1, 0.15) is 30.0 Å². The summed E-state index contributed by atoms with van der Waals surface area (Å²) in [5, 5.41) is 0. The van der Waals surface area contributed by atoms with Crippen LogP contribution < -0.4 is 5.73 Å². The molecule has 0 amide bonds. The molecule has 1 aromatic rings. The highest BCUT2D eigenvalue weighted by molar-refractivity contribution is 5.27. The van der Waals surface area contributed by atoms with Crippen molar-refractivity contribution in [3.8, 4) is 0 Å². The molecule has 3 rings (SSSR count). The van der Waals surface area contributed by atoms with Crippen LogP contribution in [0.5, 0.6) is 0 Å². The topological polar surface area (TPSA) is 38.5 Å². The highest BCUT2D eigenvalue weighted by Gasteiger charge is 2.40. The Labute approximate surface area is 109 Å². The summed E-state index contributed by atoms with van der Waals surface area (Å²) >= 11 is 0. The van der Waals surface area contributed by atoms with Gasteiger partial charge in [-0.15, -0.1) is 0 Å². The van der Waals surface area contributed by atoms with Crippen molar-refractivity contribution in [2.45, 2.75) is 38.0 Å². The van der Waals surface area contributed by atoms with Crippen molar-refractivity contribution >= 4 is 0 Å². The number of nitrogens with zero attached hydrogens (tertiary/aromatic N) is 1. The van der Waals surface area contributed by atoms with Crippen molar-refractivity contribution in [1.29, 1.82) is 0 Å². The first kappa shape index (κ1) is 12.2. The van der Waals surface area contributed by atoms with Crippen molar-refractivity contribution in [1.82, 2.24) is 4.90 Å². The Kier molecular flexibility index (Phi) is 3.37. The third kappa shape index (κ3) is 2.30. The molecule has 2 unspecified atom stereocenters. The number of rotatable bonds is 3. The van der Waals surface area contributed by atoms with Crippen LogP contribution in [0.2, 0.25) is 0 Å². The number of hydrogen-bond donors (Lipinski definition) is 1. The van der Waals surface area contributed by atoms with Crippen molar-refractivity contribution in [3.63, 3.8) is 0 Å². The summed E-state index contributed by atoms with van der Waals surface area (Å²) < 4.78 is 5.88. The Bertz CT molecular complexity index is 417. The standard InChI is InChI=1S/C15H22N2O/c1-11-3-2-4-12(9-11)15-14(10-16)18-8-7-17(15)13-5-6-13/h2-4,9,13-15H,5-8,10,16H2,1H3. The van der Waals surface area contributed by atoms with E-state index in [1.54, 1.807) is 0 Å². The summed E-state index contributed by atoms with van der Waals surface area (Å²) in [4.78, 5) is 2.61. The molecule has 98 valence electrons. The molecule has 1 saturated heterocycles. The predicted octanol–water partition coefficient (Wildman–Crippen LogP) is 1.86. The molecule has 1 heterocycles. The third-order valence-electron chi connectivity index (χ3n) is 4.02. The van der Waals surface area contributed by atoms with Gasteiger partial charge < -0.3 is 10.5 Å². The van der Waals surface area contributed by atoms with Gasteiger partial charge in [-0.05, 0) is 25.3 Å². The van der Waals surface area contributed by atoms with Gasteiger partial charge >= 0.3 is 0 Å². The predicted molar refractivity (Wildman–Crippen MR) is 72.4 cm³/mol. The van der Waals surface area contributed by atoms with E-state index in [4.69, 9.17) is 10.5 Å². The minimum Gasteiger partial charge on any atom is -0.374 e. The van der Waals surface area contributed by atoms with Gasteiger partial charge in [-0.1, -0.05) is 29.8 Å². The second-order valence-electron chi connectivity index (χ2n) is 5.47. The quantitative estimate of drug-likeness (QED) is 0.884. The van der Waals surface area contributed by atoms with E-state index in [2.05, 4.69) is 36.1 Å². The first-order valence-corrected chi connectivity index (χ1v) is 6.93. The first-order valence-electron chi connectivity index (χ1n) is 6.93. The van der Waals surface area contributed by atoms with Crippen LogP contribution in [0.4, 0.5) is 0 Å². The number of benzene rings is 1. The number of morpholine rings is 1. The van der Waals surface area contributed by atoms with Gasteiger partial charge in [0.2, 0.25) is 0 Å². The Morgan fingerprint density at radius 2 is 2.22 bits per heavy atom. The Balaban J connectivity index is 1.91. The molecule has 18 heavy (non-hydrogen) atoms. The van der Waals surface area contributed by atoms with Gasteiger partial charge in [0.1, 0.15) is 0 Å². The molecule has 3 nitrogen and oxygen atoms in total. The molecule has 0 bridgehead atoms. The molecule has 0 aromatic heterocycles. The maximum absolute atomic E-state index is 5.90. The van der Waals surface area contributed by atoms with Gasteiger partial charge in [0.25, 0.3) is 0 Å². The summed E-state index contributed by atoms with van der Waals surface area (Å²) in [6, 6.07) is 9.87. The Hall–Kier alpha value is -0.900. The lowest BCUT2D eigenvalue weighted by Crippen LogP contribution is -2.49. The Morgan fingerprint density at radius 1 is 1.39 bits per heavy atom. The molecule has 0 radical (unpaired) electrons. The second-order valence-corrected chi connectivity index (χ2v) is 5.47. The molecule has 2 aliphatic rings. The lowest BCUT2D eigenvalue weighted by molar-refractivity contribution is -0.0712. The molecule has 3 heteroatoms. The van der Waals surface area contributed by atoms with E-state index >= 15 is 0 Å². The smallest absolute Gasteiger partial charge is 0.0894 e. The number of ether oxygens (including phenoxy) is 1. The van der Waals surface area contributed by atoms with Crippen molar-refractivity contribution in [2.24, 2.45) is 5.73 Å². The summed E-state index contributed by atoms with van der Waals surface area (Å²) in [6.45, 7) is 4.61. The first-order chi connectivity index (χ1) is 8.79. The zero-order valence-electron chi connectivity index (χ0n) is 11.0. The Morgan fingerprint density at radius 3 is 2.89 bits per heavy atom. The van der Waals surface area contributed by atoms with Crippen molar-refractivity contribution < 1.29 is 4.74 Å². The fourth-order valence-electron chi connectivity index (χ4n) is 3.03. The molecule has 2 N–H and O–H groups in total. The largest absolute Gasteiger partial charge is 0.374 e. The highest BCUT2D eigenvalue weighted by Crippen LogP contribution is 2.38. The van der Waals surface area contributed by atoms with Crippen LogP contribution in [-0.2, 0) is 4.74 Å². The summed E-state index contributed by atoms with van der Waals surface area (Å²) in [5.74, 6) is 0. The van der Waals surface area contributed by atoms with Crippen molar-refractivity contribution in [2.75, 3.05) is 19.7 Å². The average Bonchev–Trinajstić information content (AvgIpc) is 3.22. The van der Waals surface area contributed by atoms with E-state index in [-0.39, 0.29) is 6.10 Å². The minimum atomic E-state index is 0.140. The van der Waals surface area contributed by atoms with Crippen LogP contribution in [0, 0.1) is 6.92 Å². The molecule has 0 spiro atoms. The molecule has 1 aromatic carbocycles. The molecule has 1 aliphatic carbocycles. The maximum Gasteiger partial charge on any atom is 0.0894 e. The average molecular weight is 246 g/mol. The number of aryl methyl sites for hydroxylation is 1. The lowest BCUT2D eigenvalue weighted by Gasteiger charge is -2.41. The molecular weight excluding hydrogens is 224 g/mol. The van der Waals surface area contributed by atoms with Gasteiger partial charge in [0, 0.05) is 19.1 Å². The van der Waals surface area contributed by atoms with Crippen LogP contribution in [0.25, 0.3) is 0 Å². The second kappa shape index (κ2) is 5.00. The monoisotopic (exact) mass is 246 g/mol. The fraction of sp³-hybridized carbons (Fsp3) is 0.600. The minimum absolute atomic E-state index is 0.140. The zero-order valence-corrected chi connectivity index (χ0v) is 11.0. The molecule has 2 atom stereocenters. The lowest BCUT2D eigenvalue weighted by atomic mass is 9.96. The van der Waals surface area contributed by atoms with Crippen LogP contribution in [-0.4, -0.2) is 36.7 Å². The van der Waals surface area contributed by atoms with Gasteiger partial charge in [-0.2, -0.15) is 0 Å². The van der Waals surface area contributed by atoms with Gasteiger partial charge in [0.05, 0.1) is 18.8 Å². The van der Waals surface area contributed by atoms with E-state index in [9.17, 15) is 0 Å². The van der Waals surface area contributed by atoms with Gasteiger partial charge in [-0.25, -0.2) is 0 Å². The zero-order chi connectivity index (χ0) is 12.5. The van der Waals surface area contributed by atoms with E-state index in [1.165, 1.54) is 24.0 Å². The molecule has 1 saturated carbocycles. The SMILES string of the molecule is Cc1cccc(C2C(CN)OCCN2C2CC2)c1. The normalized spacial score (nSPS) is 29.4. The number of nitrogens with two attached hydrogens (primary N) is 1. The summed E-state index contributed by atoms with van der Waals surface area (Å²) in [6.07, 6.45) is 2.81. The summed E-state index contributed by atoms with van der Waals surface area (Å²) in [5.41, 5.74) is 8.57. The van der Waals surface area contributed by atoms with Crippen LogP contribution >= 0.6 is 0 Å². The van der Waals surface area contributed by atoms with Gasteiger partial charge in [0.15, 0.2) is 0 Å². The molecule has 1 aliphatic heterocycles. The highest BCUT2D eigenvalue weighted by atomic mass is 16.5. The maximum atomic E-state index is 5.90. The third-order valence-corrected chi connectivity index (χ3v) is 4.02. The molecular formula is C15H22N2O. The van der Waals surface area contributed by atoms with E-state index in [0.29, 0.717) is 12.6 Å². The fourth-order valence-corrected chi connectivity index (χ4v) is 3.03. The van der Waals surface area contributed by atoms with Crippen molar-refractivity contribution in [3.05, 3.63) is 35.4 Å². The summed E-state index contributed by atoms with van der Waals surface area (Å²) in [7, 11) is 0. The van der Waals surface area contributed by atoms with Gasteiger partial charge in [-0.3, -0.25) is 4.90 Å².